The summed E-state index contributed by atoms with van der Waals surface area (Å²) in [6.45, 7) is 0.757. The molecule has 0 radical (unpaired) electrons. The molecular formula is C10H14ClFN2. The lowest BCUT2D eigenvalue weighted by atomic mass is 10.0. The van der Waals surface area contributed by atoms with Gasteiger partial charge in [-0.25, -0.2) is 4.39 Å². The molecule has 0 spiro atoms. The molecule has 14 heavy (non-hydrogen) atoms. The van der Waals surface area contributed by atoms with Crippen LogP contribution in [0.5, 0.6) is 0 Å². The maximum absolute atomic E-state index is 13.3. The quantitative estimate of drug-likeness (QED) is 0.809. The molecule has 0 saturated heterocycles. The SMILES string of the molecule is CNCCC(N)c1cc(Cl)ccc1F. The Bertz CT molecular complexity index is 304. The fourth-order valence-electron chi connectivity index (χ4n) is 1.25. The summed E-state index contributed by atoms with van der Waals surface area (Å²) in [6, 6.07) is 4.14. The Morgan fingerprint density at radius 2 is 2.29 bits per heavy atom. The van der Waals surface area contributed by atoms with Crippen molar-refractivity contribution in [3.05, 3.63) is 34.6 Å². The van der Waals surface area contributed by atoms with Gasteiger partial charge in [-0.2, -0.15) is 0 Å². The standard InChI is InChI=1S/C10H14ClFN2/c1-14-5-4-10(13)8-6-7(11)2-3-9(8)12/h2-3,6,10,14H,4-5,13H2,1H3. The zero-order valence-electron chi connectivity index (χ0n) is 8.06. The van der Waals surface area contributed by atoms with Crippen LogP contribution in [0.2, 0.25) is 5.02 Å². The van der Waals surface area contributed by atoms with Gasteiger partial charge in [0, 0.05) is 16.6 Å². The summed E-state index contributed by atoms with van der Waals surface area (Å²) in [5, 5.41) is 3.48. The van der Waals surface area contributed by atoms with Gasteiger partial charge in [0.1, 0.15) is 5.82 Å². The van der Waals surface area contributed by atoms with Gasteiger partial charge in [-0.15, -0.1) is 0 Å². The van der Waals surface area contributed by atoms with E-state index in [1.807, 2.05) is 7.05 Å². The van der Waals surface area contributed by atoms with Gasteiger partial charge in [-0.05, 0) is 38.2 Å². The lowest BCUT2D eigenvalue weighted by molar-refractivity contribution is 0.554. The fraction of sp³-hybridized carbons (Fsp3) is 0.400. The zero-order chi connectivity index (χ0) is 10.6. The van der Waals surface area contributed by atoms with Gasteiger partial charge in [-0.3, -0.25) is 0 Å². The van der Waals surface area contributed by atoms with Crippen molar-refractivity contribution < 1.29 is 4.39 Å². The number of hydrogen-bond donors (Lipinski definition) is 2. The molecule has 0 aliphatic heterocycles. The van der Waals surface area contributed by atoms with Gasteiger partial charge in [0.15, 0.2) is 0 Å². The first kappa shape index (κ1) is 11.4. The van der Waals surface area contributed by atoms with Crippen LogP contribution in [0.1, 0.15) is 18.0 Å². The van der Waals surface area contributed by atoms with Crippen LogP contribution in [0.15, 0.2) is 18.2 Å². The number of nitrogens with one attached hydrogen (secondary N) is 1. The maximum atomic E-state index is 13.3. The van der Waals surface area contributed by atoms with Gasteiger partial charge >= 0.3 is 0 Å². The van der Waals surface area contributed by atoms with Gasteiger partial charge in [0.2, 0.25) is 0 Å². The molecule has 0 bridgehead atoms. The molecule has 0 heterocycles. The Balaban J connectivity index is 2.77. The van der Waals surface area contributed by atoms with Crippen molar-refractivity contribution in [3.63, 3.8) is 0 Å². The van der Waals surface area contributed by atoms with Crippen molar-refractivity contribution >= 4 is 11.6 Å². The first-order valence-corrected chi connectivity index (χ1v) is 4.88. The molecule has 0 aromatic heterocycles. The molecule has 1 atom stereocenters. The van der Waals surface area contributed by atoms with E-state index in [1.54, 1.807) is 6.07 Å². The molecule has 0 aliphatic carbocycles. The van der Waals surface area contributed by atoms with Crippen molar-refractivity contribution in [2.75, 3.05) is 13.6 Å². The Morgan fingerprint density at radius 1 is 1.57 bits per heavy atom. The average Bonchev–Trinajstić information content (AvgIpc) is 2.18. The van der Waals surface area contributed by atoms with Crippen LogP contribution in [0.4, 0.5) is 4.39 Å². The van der Waals surface area contributed by atoms with E-state index in [9.17, 15) is 4.39 Å². The first-order valence-electron chi connectivity index (χ1n) is 4.50. The molecule has 1 rings (SSSR count). The van der Waals surface area contributed by atoms with E-state index in [0.717, 1.165) is 6.54 Å². The predicted octanol–water partition coefficient (Wildman–Crippen LogP) is 2.09. The third-order valence-corrected chi connectivity index (χ3v) is 2.30. The van der Waals surface area contributed by atoms with Crippen LogP contribution in [0.25, 0.3) is 0 Å². The number of benzene rings is 1. The maximum Gasteiger partial charge on any atom is 0.128 e. The highest BCUT2D eigenvalue weighted by atomic mass is 35.5. The molecular weight excluding hydrogens is 203 g/mol. The Hall–Kier alpha value is -0.640. The van der Waals surface area contributed by atoms with Crippen molar-refractivity contribution in [1.82, 2.24) is 5.32 Å². The van der Waals surface area contributed by atoms with Crippen LogP contribution in [0, 0.1) is 5.82 Å². The molecule has 1 unspecified atom stereocenters. The van der Waals surface area contributed by atoms with Gasteiger partial charge in [-0.1, -0.05) is 11.6 Å². The second-order valence-electron chi connectivity index (χ2n) is 3.16. The topological polar surface area (TPSA) is 38.0 Å². The lowest BCUT2D eigenvalue weighted by Gasteiger charge is -2.12. The zero-order valence-corrected chi connectivity index (χ0v) is 8.81. The molecule has 0 aliphatic rings. The highest BCUT2D eigenvalue weighted by molar-refractivity contribution is 6.30. The van der Waals surface area contributed by atoms with E-state index >= 15 is 0 Å². The predicted molar refractivity (Wildman–Crippen MR) is 56.9 cm³/mol. The molecule has 78 valence electrons. The molecule has 0 saturated carbocycles. The van der Waals surface area contributed by atoms with Gasteiger partial charge in [0.25, 0.3) is 0 Å². The van der Waals surface area contributed by atoms with Crippen LogP contribution in [0.3, 0.4) is 0 Å². The highest BCUT2D eigenvalue weighted by Crippen LogP contribution is 2.21. The summed E-state index contributed by atoms with van der Waals surface area (Å²) in [5.74, 6) is -0.294. The van der Waals surface area contributed by atoms with Crippen molar-refractivity contribution in [2.24, 2.45) is 5.73 Å². The summed E-state index contributed by atoms with van der Waals surface area (Å²) < 4.78 is 13.3. The molecule has 3 N–H and O–H groups in total. The molecule has 0 amide bonds. The highest BCUT2D eigenvalue weighted by Gasteiger charge is 2.11. The molecule has 0 fully saturated rings. The number of hydrogen-bond acceptors (Lipinski definition) is 2. The Labute approximate surface area is 88.2 Å². The Kier molecular flexibility index (Phi) is 4.32. The minimum absolute atomic E-state index is 0.294. The number of halogens is 2. The van der Waals surface area contributed by atoms with Crippen LogP contribution in [-0.4, -0.2) is 13.6 Å². The van der Waals surface area contributed by atoms with Gasteiger partial charge in [0.05, 0.1) is 0 Å². The average molecular weight is 217 g/mol. The van der Waals surface area contributed by atoms with E-state index in [0.29, 0.717) is 17.0 Å². The van der Waals surface area contributed by atoms with Crippen molar-refractivity contribution in [1.29, 1.82) is 0 Å². The number of rotatable bonds is 4. The van der Waals surface area contributed by atoms with E-state index in [2.05, 4.69) is 5.32 Å². The summed E-state index contributed by atoms with van der Waals surface area (Å²) in [5.41, 5.74) is 6.29. The second kappa shape index (κ2) is 5.29. The minimum Gasteiger partial charge on any atom is -0.324 e. The van der Waals surface area contributed by atoms with E-state index in [1.165, 1.54) is 12.1 Å². The fourth-order valence-corrected chi connectivity index (χ4v) is 1.43. The van der Waals surface area contributed by atoms with Crippen LogP contribution in [-0.2, 0) is 0 Å². The molecule has 1 aromatic rings. The Morgan fingerprint density at radius 3 is 2.93 bits per heavy atom. The van der Waals surface area contributed by atoms with Crippen molar-refractivity contribution in [2.45, 2.75) is 12.5 Å². The van der Waals surface area contributed by atoms with Crippen LogP contribution < -0.4 is 11.1 Å². The third kappa shape index (κ3) is 2.94. The van der Waals surface area contributed by atoms with Gasteiger partial charge < -0.3 is 11.1 Å². The first-order chi connectivity index (χ1) is 6.65. The van der Waals surface area contributed by atoms with Crippen LogP contribution >= 0.6 is 11.6 Å². The lowest BCUT2D eigenvalue weighted by Crippen LogP contribution is -2.18. The minimum atomic E-state index is -0.304. The van der Waals surface area contributed by atoms with E-state index in [4.69, 9.17) is 17.3 Å². The monoisotopic (exact) mass is 216 g/mol. The molecule has 2 nitrogen and oxygen atoms in total. The van der Waals surface area contributed by atoms with E-state index in [-0.39, 0.29) is 11.9 Å². The number of nitrogens with two attached hydrogens (primary N) is 1. The second-order valence-corrected chi connectivity index (χ2v) is 3.60. The summed E-state index contributed by atoms with van der Waals surface area (Å²) in [6.07, 6.45) is 0.688. The van der Waals surface area contributed by atoms with Crippen molar-refractivity contribution in [3.8, 4) is 0 Å². The largest absolute Gasteiger partial charge is 0.324 e. The normalized spacial score (nSPS) is 12.9. The molecule has 1 aromatic carbocycles. The summed E-state index contributed by atoms with van der Waals surface area (Å²) in [7, 11) is 1.83. The smallest absolute Gasteiger partial charge is 0.128 e. The molecule has 4 heteroatoms. The third-order valence-electron chi connectivity index (χ3n) is 2.06. The summed E-state index contributed by atoms with van der Waals surface area (Å²) >= 11 is 5.76. The summed E-state index contributed by atoms with van der Waals surface area (Å²) in [4.78, 5) is 0. The van der Waals surface area contributed by atoms with E-state index < -0.39 is 0 Å².